The maximum absolute atomic E-state index is 3.12. The van der Waals surface area contributed by atoms with E-state index < -0.39 is 0 Å². The second-order valence-corrected chi connectivity index (χ2v) is 2.67. The first kappa shape index (κ1) is 5.00. The zero-order chi connectivity index (χ0) is 6.10. The molecule has 0 bridgehead atoms. The molecule has 0 fully saturated rings. The molecule has 0 aliphatic heterocycles. The normalized spacial score (nSPS) is 10.2. The van der Waals surface area contributed by atoms with Crippen molar-refractivity contribution in [3.8, 4) is 0 Å². The Hall–Kier alpha value is -0.820. The van der Waals surface area contributed by atoms with Crippen LogP contribution in [0.5, 0.6) is 0 Å². The third-order valence-electron chi connectivity index (χ3n) is 1.22. The van der Waals surface area contributed by atoms with Crippen LogP contribution in [0, 0.1) is 11.4 Å². The molecule has 0 unspecified atom stereocenters. The minimum absolute atomic E-state index is 1.19. The molecule has 0 aliphatic carbocycles. The van der Waals surface area contributed by atoms with Gasteiger partial charge in [0.2, 0.25) is 0 Å². The second-order valence-electron chi connectivity index (χ2n) is 1.82. The molecule has 0 atom stereocenters. The topological polar surface area (TPSA) is 0 Å². The van der Waals surface area contributed by atoms with Crippen LogP contribution in [-0.2, 0) is 0 Å². The lowest BCUT2D eigenvalue weighted by molar-refractivity contribution is 1.84. The summed E-state index contributed by atoms with van der Waals surface area (Å²) in [5.41, 5.74) is 0. The molecule has 2 rings (SSSR count). The fourth-order valence-corrected chi connectivity index (χ4v) is 1.46. The van der Waals surface area contributed by atoms with Gasteiger partial charge in [-0.1, -0.05) is 18.2 Å². The molecule has 9 heavy (non-hydrogen) atoms. The Kier molecular flexibility index (Phi) is 1.03. The van der Waals surface area contributed by atoms with Crippen LogP contribution in [0.3, 0.4) is 0 Å². The minimum atomic E-state index is 1.19. The van der Waals surface area contributed by atoms with Crippen molar-refractivity contribution in [3.05, 3.63) is 35.7 Å². The Morgan fingerprint density at radius 2 is 2.44 bits per heavy atom. The zero-order valence-electron chi connectivity index (χ0n) is 4.72. The molecule has 2 aromatic rings. The highest BCUT2D eigenvalue weighted by Gasteiger charge is 1.89. The summed E-state index contributed by atoms with van der Waals surface area (Å²) in [6.45, 7) is 0. The second kappa shape index (κ2) is 1.85. The maximum atomic E-state index is 3.12. The van der Waals surface area contributed by atoms with Gasteiger partial charge in [0.15, 0.2) is 0 Å². The standard InChI is InChI=1S/C8H4S/c1-2-4-8-7(3-1)5-6-9-8/h1-3,5H. The van der Waals surface area contributed by atoms with Crippen molar-refractivity contribution in [2.75, 3.05) is 0 Å². The van der Waals surface area contributed by atoms with E-state index in [-0.39, 0.29) is 0 Å². The van der Waals surface area contributed by atoms with Crippen molar-refractivity contribution in [3.63, 3.8) is 0 Å². The smallest absolute Gasteiger partial charge is 0.0455 e. The molecule has 1 aromatic carbocycles. The molecule has 0 N–H and O–H groups in total. The van der Waals surface area contributed by atoms with Crippen molar-refractivity contribution in [2.45, 2.75) is 0 Å². The predicted molar refractivity (Wildman–Crippen MR) is 39.5 cm³/mol. The van der Waals surface area contributed by atoms with Crippen molar-refractivity contribution in [1.29, 1.82) is 0 Å². The Balaban J connectivity index is 2.95. The molecule has 0 aliphatic rings. The molecule has 1 heterocycles. The van der Waals surface area contributed by atoms with Gasteiger partial charge in [-0.2, -0.15) is 0 Å². The summed E-state index contributed by atoms with van der Waals surface area (Å²) in [5.74, 6) is 0. The molecule has 2 radical (unpaired) electrons. The van der Waals surface area contributed by atoms with Crippen LogP contribution in [0.4, 0.5) is 0 Å². The van der Waals surface area contributed by atoms with Crippen LogP contribution in [0.1, 0.15) is 0 Å². The summed E-state index contributed by atoms with van der Waals surface area (Å²) in [4.78, 5) is 0. The highest BCUT2D eigenvalue weighted by Crippen LogP contribution is 2.17. The molecule has 42 valence electrons. The summed E-state index contributed by atoms with van der Waals surface area (Å²) >= 11 is 1.61. The first-order chi connectivity index (χ1) is 4.47. The molecule has 0 amide bonds. The fraction of sp³-hybridized carbons (Fsp3) is 0. The number of hydrogen-bond donors (Lipinski definition) is 0. The van der Waals surface area contributed by atoms with Crippen LogP contribution in [0.15, 0.2) is 24.3 Å². The first-order valence-corrected chi connectivity index (χ1v) is 3.55. The Bertz CT molecular complexity index is 279. The van der Waals surface area contributed by atoms with E-state index in [0.717, 1.165) is 0 Å². The molecular weight excluding hydrogens is 128 g/mol. The van der Waals surface area contributed by atoms with Gasteiger partial charge in [0, 0.05) is 16.1 Å². The van der Waals surface area contributed by atoms with Crippen LogP contribution < -0.4 is 0 Å². The third-order valence-corrected chi connectivity index (χ3v) is 2.02. The van der Waals surface area contributed by atoms with Crippen molar-refractivity contribution in [2.24, 2.45) is 0 Å². The number of fused-ring (bicyclic) bond motifs is 1. The fourth-order valence-electron chi connectivity index (χ4n) is 0.789. The van der Waals surface area contributed by atoms with Crippen molar-refractivity contribution < 1.29 is 0 Å². The quantitative estimate of drug-likeness (QED) is 0.516. The Morgan fingerprint density at radius 1 is 1.44 bits per heavy atom. The van der Waals surface area contributed by atoms with Crippen molar-refractivity contribution in [1.82, 2.24) is 0 Å². The lowest BCUT2D eigenvalue weighted by Crippen LogP contribution is -1.57. The minimum Gasteiger partial charge on any atom is -0.134 e. The molecule has 0 saturated carbocycles. The molecule has 1 heteroatoms. The van der Waals surface area contributed by atoms with E-state index in [2.05, 4.69) is 17.5 Å². The summed E-state index contributed by atoms with van der Waals surface area (Å²) < 4.78 is 1.19. The molecule has 0 spiro atoms. The van der Waals surface area contributed by atoms with Gasteiger partial charge < -0.3 is 0 Å². The third kappa shape index (κ3) is 0.736. The monoisotopic (exact) mass is 132 g/mol. The van der Waals surface area contributed by atoms with Gasteiger partial charge in [-0.3, -0.25) is 0 Å². The molecular formula is C8H4S. The lowest BCUT2D eigenvalue weighted by atomic mass is 10.3. The average molecular weight is 132 g/mol. The Labute approximate surface area is 57.8 Å². The van der Waals surface area contributed by atoms with Crippen LogP contribution in [0.2, 0.25) is 0 Å². The van der Waals surface area contributed by atoms with E-state index in [1.54, 1.807) is 11.3 Å². The van der Waals surface area contributed by atoms with E-state index in [1.807, 2.05) is 18.2 Å². The number of thiophene rings is 1. The molecule has 0 saturated heterocycles. The maximum Gasteiger partial charge on any atom is 0.0455 e. The molecule has 1 aromatic heterocycles. The summed E-state index contributed by atoms with van der Waals surface area (Å²) in [6.07, 6.45) is 0. The lowest BCUT2D eigenvalue weighted by Gasteiger charge is -1.81. The average Bonchev–Trinajstić information content (AvgIpc) is 2.33. The Morgan fingerprint density at radius 3 is 3.33 bits per heavy atom. The van der Waals surface area contributed by atoms with E-state index >= 15 is 0 Å². The number of benzene rings is 1. The number of rotatable bonds is 0. The largest absolute Gasteiger partial charge is 0.134 e. The van der Waals surface area contributed by atoms with Crippen LogP contribution in [-0.4, -0.2) is 0 Å². The highest BCUT2D eigenvalue weighted by atomic mass is 32.1. The van der Waals surface area contributed by atoms with E-state index in [1.165, 1.54) is 10.1 Å². The predicted octanol–water partition coefficient (Wildman–Crippen LogP) is 2.50. The van der Waals surface area contributed by atoms with E-state index in [0.29, 0.717) is 0 Å². The van der Waals surface area contributed by atoms with Crippen LogP contribution in [0.25, 0.3) is 10.1 Å². The summed E-state index contributed by atoms with van der Waals surface area (Å²) in [7, 11) is 0. The highest BCUT2D eigenvalue weighted by molar-refractivity contribution is 7.16. The van der Waals surface area contributed by atoms with Crippen LogP contribution >= 0.6 is 11.3 Å². The van der Waals surface area contributed by atoms with Gasteiger partial charge in [0.25, 0.3) is 0 Å². The van der Waals surface area contributed by atoms with Gasteiger partial charge in [-0.15, -0.1) is 11.3 Å². The SMILES string of the molecule is [c]1cc2ccc[c]c2s1. The summed E-state index contributed by atoms with van der Waals surface area (Å²) in [6, 6.07) is 11.1. The zero-order valence-corrected chi connectivity index (χ0v) is 5.53. The first-order valence-electron chi connectivity index (χ1n) is 2.73. The molecule has 0 nitrogen and oxygen atoms in total. The van der Waals surface area contributed by atoms with E-state index in [9.17, 15) is 0 Å². The van der Waals surface area contributed by atoms with Gasteiger partial charge in [0.05, 0.1) is 0 Å². The van der Waals surface area contributed by atoms with Gasteiger partial charge in [-0.05, 0) is 11.5 Å². The van der Waals surface area contributed by atoms with Gasteiger partial charge in [0.1, 0.15) is 0 Å². The van der Waals surface area contributed by atoms with Gasteiger partial charge >= 0.3 is 0 Å². The number of hydrogen-bond acceptors (Lipinski definition) is 1. The summed E-state index contributed by atoms with van der Waals surface area (Å²) in [5, 5.41) is 4.29. The van der Waals surface area contributed by atoms with Gasteiger partial charge in [-0.25, -0.2) is 0 Å². The van der Waals surface area contributed by atoms with E-state index in [4.69, 9.17) is 0 Å². The van der Waals surface area contributed by atoms with Crippen molar-refractivity contribution >= 4 is 21.4 Å².